The van der Waals surface area contributed by atoms with Crippen molar-refractivity contribution in [3.05, 3.63) is 39.9 Å². The summed E-state index contributed by atoms with van der Waals surface area (Å²) in [6, 6.07) is 3.95. The van der Waals surface area contributed by atoms with E-state index in [0.29, 0.717) is 26.2 Å². The Morgan fingerprint density at radius 3 is 2.39 bits per heavy atom. The van der Waals surface area contributed by atoms with Crippen molar-refractivity contribution < 1.29 is 27.7 Å². The third-order valence-corrected chi connectivity index (χ3v) is 4.90. The Morgan fingerprint density at radius 1 is 1.18 bits per heavy atom. The van der Waals surface area contributed by atoms with E-state index in [2.05, 4.69) is 5.32 Å². The van der Waals surface area contributed by atoms with Crippen LogP contribution in [0.5, 0.6) is 0 Å². The number of hydrogen-bond acceptors (Lipinski definition) is 5. The minimum Gasteiger partial charge on any atom is -0.340 e. The summed E-state index contributed by atoms with van der Waals surface area (Å²) in [5, 5.41) is 13.0. The van der Waals surface area contributed by atoms with Gasteiger partial charge in [0.2, 0.25) is 17.9 Å². The predicted octanol–water partition coefficient (Wildman–Crippen LogP) is 1.45. The molecule has 2 atom stereocenters. The fourth-order valence-electron chi connectivity index (χ4n) is 3.27. The van der Waals surface area contributed by atoms with Gasteiger partial charge in [0, 0.05) is 37.5 Å². The average Bonchev–Trinajstić information content (AvgIpc) is 3.42. The van der Waals surface area contributed by atoms with Gasteiger partial charge in [-0.1, -0.05) is 12.1 Å². The molecule has 11 heteroatoms. The molecule has 2 aliphatic rings. The zero-order valence-electron chi connectivity index (χ0n) is 14.8. The maximum absolute atomic E-state index is 13.0. The molecule has 0 spiro atoms. The standard InChI is InChI=1S/C17H19F3N4O4/c18-17(19,20)12-3-1-2-4-13(12)21-15(25)10-22-5-7-23(8-6-22)16(26)11-9-14(11)24(27)28/h1-4,11,14H,5-10H2,(H,21,25). The average molecular weight is 400 g/mol. The Bertz CT molecular complexity index is 778. The van der Waals surface area contributed by atoms with E-state index < -0.39 is 34.5 Å². The van der Waals surface area contributed by atoms with Crippen LogP contribution in [0.1, 0.15) is 12.0 Å². The van der Waals surface area contributed by atoms with Crippen LogP contribution >= 0.6 is 0 Å². The highest BCUT2D eigenvalue weighted by atomic mass is 19.4. The lowest BCUT2D eigenvalue weighted by Crippen LogP contribution is -2.51. The number of benzene rings is 1. The molecule has 2 amide bonds. The maximum atomic E-state index is 13.0. The summed E-state index contributed by atoms with van der Waals surface area (Å²) in [5.41, 5.74) is -1.21. The molecule has 1 saturated heterocycles. The van der Waals surface area contributed by atoms with Crippen molar-refractivity contribution in [3.63, 3.8) is 0 Å². The number of alkyl halides is 3. The van der Waals surface area contributed by atoms with Gasteiger partial charge in [-0.05, 0) is 12.1 Å². The molecule has 1 aliphatic carbocycles. The molecule has 3 rings (SSSR count). The molecule has 8 nitrogen and oxygen atoms in total. The van der Waals surface area contributed by atoms with E-state index in [-0.39, 0.29) is 24.6 Å². The SMILES string of the molecule is O=C(CN1CCN(C(=O)C2CC2[N+](=O)[O-])CC1)Nc1ccccc1C(F)(F)F. The lowest BCUT2D eigenvalue weighted by atomic mass is 10.1. The van der Waals surface area contributed by atoms with Crippen LogP contribution in [0.4, 0.5) is 18.9 Å². The van der Waals surface area contributed by atoms with Gasteiger partial charge in [0.15, 0.2) is 0 Å². The van der Waals surface area contributed by atoms with Gasteiger partial charge in [-0.2, -0.15) is 13.2 Å². The van der Waals surface area contributed by atoms with E-state index in [1.54, 1.807) is 9.80 Å². The van der Waals surface area contributed by atoms with Gasteiger partial charge in [0.1, 0.15) is 5.92 Å². The van der Waals surface area contributed by atoms with Gasteiger partial charge in [0.25, 0.3) is 0 Å². The number of nitro groups is 1. The first kappa shape index (κ1) is 20.1. The maximum Gasteiger partial charge on any atom is 0.418 e. The van der Waals surface area contributed by atoms with E-state index in [1.165, 1.54) is 18.2 Å². The van der Waals surface area contributed by atoms with Crippen LogP contribution in [0, 0.1) is 16.0 Å². The fourth-order valence-corrected chi connectivity index (χ4v) is 3.27. The first-order valence-electron chi connectivity index (χ1n) is 8.77. The number of anilines is 1. The van der Waals surface area contributed by atoms with Crippen molar-refractivity contribution in [1.29, 1.82) is 0 Å². The van der Waals surface area contributed by atoms with Gasteiger partial charge in [-0.25, -0.2) is 0 Å². The summed E-state index contributed by atoms with van der Waals surface area (Å²) in [5.74, 6) is -1.39. The molecular weight excluding hydrogens is 381 g/mol. The first-order valence-corrected chi connectivity index (χ1v) is 8.77. The molecule has 1 aliphatic heterocycles. The van der Waals surface area contributed by atoms with Gasteiger partial charge in [-0.3, -0.25) is 24.6 Å². The monoisotopic (exact) mass is 400 g/mol. The van der Waals surface area contributed by atoms with Crippen LogP contribution in [0.3, 0.4) is 0 Å². The number of nitrogens with one attached hydrogen (secondary N) is 1. The smallest absolute Gasteiger partial charge is 0.340 e. The van der Waals surface area contributed by atoms with Crippen LogP contribution in [0.2, 0.25) is 0 Å². The van der Waals surface area contributed by atoms with Crippen molar-refractivity contribution in [1.82, 2.24) is 9.80 Å². The Hall–Kier alpha value is -2.69. The Kier molecular flexibility index (Phi) is 5.54. The number of para-hydroxylation sites is 1. The molecule has 1 aromatic carbocycles. The summed E-state index contributed by atoms with van der Waals surface area (Å²) >= 11 is 0. The summed E-state index contributed by atoms with van der Waals surface area (Å²) in [4.78, 5) is 37.8. The Balaban J connectivity index is 1.48. The topological polar surface area (TPSA) is 95.8 Å². The summed E-state index contributed by atoms with van der Waals surface area (Å²) in [6.07, 6.45) is -4.31. The number of hydrogen-bond donors (Lipinski definition) is 1. The van der Waals surface area contributed by atoms with Gasteiger partial charge < -0.3 is 10.2 Å². The van der Waals surface area contributed by atoms with Crippen LogP contribution in [-0.4, -0.2) is 65.3 Å². The quantitative estimate of drug-likeness (QED) is 0.596. The first-order chi connectivity index (χ1) is 13.2. The molecule has 1 saturated carbocycles. The third-order valence-electron chi connectivity index (χ3n) is 4.90. The summed E-state index contributed by atoms with van der Waals surface area (Å²) < 4.78 is 38.9. The van der Waals surface area contributed by atoms with Crippen LogP contribution < -0.4 is 5.32 Å². The lowest BCUT2D eigenvalue weighted by Gasteiger charge is -2.34. The van der Waals surface area contributed by atoms with Crippen molar-refractivity contribution in [2.45, 2.75) is 18.6 Å². The van der Waals surface area contributed by atoms with Crippen LogP contribution in [0.25, 0.3) is 0 Å². The molecule has 0 bridgehead atoms. The molecule has 1 heterocycles. The van der Waals surface area contributed by atoms with E-state index in [1.807, 2.05) is 0 Å². The third kappa shape index (κ3) is 4.58. The lowest BCUT2D eigenvalue weighted by molar-refractivity contribution is -0.497. The zero-order chi connectivity index (χ0) is 20.5. The molecule has 0 radical (unpaired) electrons. The molecule has 0 aromatic heterocycles. The van der Waals surface area contributed by atoms with Crippen LogP contribution in [-0.2, 0) is 15.8 Å². The zero-order valence-corrected chi connectivity index (χ0v) is 14.8. The van der Waals surface area contributed by atoms with Crippen molar-refractivity contribution in [2.24, 2.45) is 5.92 Å². The van der Waals surface area contributed by atoms with Crippen molar-refractivity contribution in [2.75, 3.05) is 38.0 Å². The molecule has 152 valence electrons. The molecule has 28 heavy (non-hydrogen) atoms. The normalized spacial score (nSPS) is 22.6. The highest BCUT2D eigenvalue weighted by Gasteiger charge is 2.54. The molecular formula is C17H19F3N4O4. The number of halogens is 3. The second-order valence-corrected chi connectivity index (χ2v) is 6.89. The molecule has 1 aromatic rings. The van der Waals surface area contributed by atoms with Gasteiger partial charge in [-0.15, -0.1) is 0 Å². The number of carbonyl (C=O) groups excluding carboxylic acids is 2. The Labute approximate surface area is 158 Å². The van der Waals surface area contributed by atoms with Gasteiger partial charge >= 0.3 is 6.18 Å². The summed E-state index contributed by atoms with van der Waals surface area (Å²) in [7, 11) is 0. The van der Waals surface area contributed by atoms with E-state index in [9.17, 15) is 32.9 Å². The molecule has 2 fully saturated rings. The molecule has 1 N–H and O–H groups in total. The van der Waals surface area contributed by atoms with Crippen molar-refractivity contribution in [3.8, 4) is 0 Å². The second-order valence-electron chi connectivity index (χ2n) is 6.89. The highest BCUT2D eigenvalue weighted by Crippen LogP contribution is 2.35. The largest absolute Gasteiger partial charge is 0.418 e. The molecule has 2 unspecified atom stereocenters. The van der Waals surface area contributed by atoms with Crippen molar-refractivity contribution >= 4 is 17.5 Å². The number of carbonyl (C=O) groups is 2. The number of nitrogens with zero attached hydrogens (tertiary/aromatic N) is 3. The number of piperazine rings is 1. The number of rotatable bonds is 5. The van der Waals surface area contributed by atoms with E-state index in [0.717, 1.165) is 6.07 Å². The van der Waals surface area contributed by atoms with E-state index in [4.69, 9.17) is 0 Å². The number of amides is 2. The second kappa shape index (κ2) is 7.74. The fraction of sp³-hybridized carbons (Fsp3) is 0.529. The summed E-state index contributed by atoms with van der Waals surface area (Å²) in [6.45, 7) is 1.29. The van der Waals surface area contributed by atoms with Crippen LogP contribution in [0.15, 0.2) is 24.3 Å². The highest BCUT2D eigenvalue weighted by molar-refractivity contribution is 5.93. The Morgan fingerprint density at radius 2 is 1.82 bits per heavy atom. The van der Waals surface area contributed by atoms with E-state index >= 15 is 0 Å². The minimum absolute atomic E-state index is 0.102. The predicted molar refractivity (Wildman–Crippen MR) is 92.0 cm³/mol. The van der Waals surface area contributed by atoms with Gasteiger partial charge in [0.05, 0.1) is 17.8 Å². The minimum atomic E-state index is -4.57.